The second-order valence-corrected chi connectivity index (χ2v) is 5.64. The van der Waals surface area contributed by atoms with Gasteiger partial charge in [0.15, 0.2) is 0 Å². The molecule has 0 unspecified atom stereocenters. The van der Waals surface area contributed by atoms with Crippen LogP contribution in [-0.4, -0.2) is 15.7 Å². The van der Waals surface area contributed by atoms with Crippen molar-refractivity contribution in [2.24, 2.45) is 0 Å². The lowest BCUT2D eigenvalue weighted by Gasteiger charge is -2.10. The number of rotatable bonds is 3. The van der Waals surface area contributed by atoms with Crippen molar-refractivity contribution in [3.63, 3.8) is 0 Å². The summed E-state index contributed by atoms with van der Waals surface area (Å²) in [6, 6.07) is 12.3. The molecule has 0 aliphatic carbocycles. The first kappa shape index (κ1) is 15.2. The van der Waals surface area contributed by atoms with Crippen LogP contribution in [0.4, 0.5) is 5.69 Å². The summed E-state index contributed by atoms with van der Waals surface area (Å²) in [5.74, 6) is -0.319. The van der Waals surface area contributed by atoms with E-state index in [-0.39, 0.29) is 18.0 Å². The topological polar surface area (TPSA) is 64.0 Å². The van der Waals surface area contributed by atoms with Crippen molar-refractivity contribution in [3.8, 4) is 0 Å². The Bertz CT molecular complexity index is 950. The number of aromatic nitrogens is 2. The van der Waals surface area contributed by atoms with Gasteiger partial charge in [0, 0.05) is 16.1 Å². The van der Waals surface area contributed by atoms with E-state index in [9.17, 15) is 9.59 Å². The first-order valence-electron chi connectivity index (χ1n) is 7.05. The highest BCUT2D eigenvalue weighted by Gasteiger charge is 2.10. The minimum Gasteiger partial charge on any atom is -0.324 e. The second-order valence-electron chi connectivity index (χ2n) is 5.20. The Morgan fingerprint density at radius 1 is 1.26 bits per heavy atom. The van der Waals surface area contributed by atoms with E-state index in [1.54, 1.807) is 36.5 Å². The molecule has 116 valence electrons. The van der Waals surface area contributed by atoms with Crippen LogP contribution >= 0.6 is 11.6 Å². The fourth-order valence-electron chi connectivity index (χ4n) is 2.33. The molecule has 5 nitrogen and oxygen atoms in total. The smallest absolute Gasteiger partial charge is 0.275 e. The van der Waals surface area contributed by atoms with Crippen LogP contribution in [0.15, 0.2) is 53.5 Å². The van der Waals surface area contributed by atoms with Gasteiger partial charge in [-0.05, 0) is 36.8 Å². The Labute approximate surface area is 137 Å². The molecule has 6 heteroatoms. The average Bonchev–Trinajstić information content (AvgIpc) is 2.53. The molecule has 0 spiro atoms. The number of benzene rings is 2. The first-order valence-corrected chi connectivity index (χ1v) is 7.43. The lowest BCUT2D eigenvalue weighted by Crippen LogP contribution is -2.29. The third-order valence-electron chi connectivity index (χ3n) is 3.52. The number of nitrogens with zero attached hydrogens (tertiary/aromatic N) is 2. The Morgan fingerprint density at radius 2 is 2.04 bits per heavy atom. The van der Waals surface area contributed by atoms with Crippen molar-refractivity contribution < 1.29 is 4.79 Å². The van der Waals surface area contributed by atoms with Gasteiger partial charge in [0.2, 0.25) is 5.91 Å². The quantitative estimate of drug-likeness (QED) is 0.804. The molecule has 3 rings (SSSR count). The zero-order chi connectivity index (χ0) is 16.4. The molecule has 0 aliphatic heterocycles. The maximum Gasteiger partial charge on any atom is 0.275 e. The van der Waals surface area contributed by atoms with Crippen molar-refractivity contribution >= 4 is 34.0 Å². The molecule has 1 aromatic heterocycles. The number of anilines is 1. The molecule has 0 atom stereocenters. The first-order chi connectivity index (χ1) is 11.0. The van der Waals surface area contributed by atoms with Crippen LogP contribution in [0.2, 0.25) is 5.02 Å². The molecule has 3 aromatic rings. The summed E-state index contributed by atoms with van der Waals surface area (Å²) >= 11 is 5.89. The van der Waals surface area contributed by atoms with Crippen LogP contribution in [-0.2, 0) is 11.3 Å². The SMILES string of the molecule is Cc1cc(Cl)ccc1NC(=O)Cn1ncc2ccccc2c1=O. The number of amides is 1. The highest BCUT2D eigenvalue weighted by molar-refractivity contribution is 6.30. The lowest BCUT2D eigenvalue weighted by molar-refractivity contribution is -0.117. The Hall–Kier alpha value is -2.66. The monoisotopic (exact) mass is 327 g/mol. The van der Waals surface area contributed by atoms with Crippen molar-refractivity contribution in [3.05, 3.63) is 69.6 Å². The number of aryl methyl sites for hydroxylation is 1. The van der Waals surface area contributed by atoms with Gasteiger partial charge < -0.3 is 5.32 Å². The third kappa shape index (κ3) is 3.24. The second kappa shape index (κ2) is 6.22. The molecule has 1 amide bonds. The standard InChI is InChI=1S/C17H14ClN3O2/c1-11-8-13(18)6-7-15(11)20-16(22)10-21-17(23)14-5-3-2-4-12(14)9-19-21/h2-9H,10H2,1H3,(H,20,22). The van der Waals surface area contributed by atoms with Crippen LogP contribution < -0.4 is 10.9 Å². The number of hydrogen-bond donors (Lipinski definition) is 1. The van der Waals surface area contributed by atoms with Crippen LogP contribution in [0, 0.1) is 6.92 Å². The molecule has 0 saturated carbocycles. The third-order valence-corrected chi connectivity index (χ3v) is 3.75. The number of nitrogens with one attached hydrogen (secondary N) is 1. The van der Waals surface area contributed by atoms with E-state index in [0.717, 1.165) is 15.6 Å². The zero-order valence-electron chi connectivity index (χ0n) is 12.4. The number of halogens is 1. The van der Waals surface area contributed by atoms with Gasteiger partial charge in [0.25, 0.3) is 5.56 Å². The van der Waals surface area contributed by atoms with E-state index >= 15 is 0 Å². The van der Waals surface area contributed by atoms with Crippen LogP contribution in [0.25, 0.3) is 10.8 Å². The van der Waals surface area contributed by atoms with Gasteiger partial charge in [-0.1, -0.05) is 29.8 Å². The number of carbonyl (C=O) groups is 1. The summed E-state index contributed by atoms with van der Waals surface area (Å²) in [7, 11) is 0. The van der Waals surface area contributed by atoms with E-state index in [2.05, 4.69) is 10.4 Å². The molecule has 0 fully saturated rings. The Kier molecular flexibility index (Phi) is 4.12. The summed E-state index contributed by atoms with van der Waals surface area (Å²) in [5, 5.41) is 8.71. The van der Waals surface area contributed by atoms with Crippen molar-refractivity contribution in [2.45, 2.75) is 13.5 Å². The molecule has 1 N–H and O–H groups in total. The maximum absolute atomic E-state index is 12.3. The molecular formula is C17H14ClN3O2. The van der Waals surface area contributed by atoms with Gasteiger partial charge in [0.05, 0.1) is 11.6 Å². The fourth-order valence-corrected chi connectivity index (χ4v) is 2.56. The van der Waals surface area contributed by atoms with E-state index < -0.39 is 0 Å². The van der Waals surface area contributed by atoms with Crippen LogP contribution in [0.3, 0.4) is 0 Å². The normalized spacial score (nSPS) is 10.7. The van der Waals surface area contributed by atoms with E-state index in [1.807, 2.05) is 19.1 Å². The largest absolute Gasteiger partial charge is 0.324 e. The Balaban J connectivity index is 1.83. The van der Waals surface area contributed by atoms with E-state index in [0.29, 0.717) is 16.1 Å². The molecule has 1 heterocycles. The van der Waals surface area contributed by atoms with Crippen molar-refractivity contribution in [1.82, 2.24) is 9.78 Å². The predicted molar refractivity (Wildman–Crippen MR) is 90.8 cm³/mol. The summed E-state index contributed by atoms with van der Waals surface area (Å²) < 4.78 is 1.16. The van der Waals surface area contributed by atoms with Gasteiger partial charge in [0.1, 0.15) is 6.54 Å². The van der Waals surface area contributed by atoms with Gasteiger partial charge in [-0.25, -0.2) is 4.68 Å². The highest BCUT2D eigenvalue weighted by atomic mass is 35.5. The zero-order valence-corrected chi connectivity index (χ0v) is 13.2. The van der Waals surface area contributed by atoms with Gasteiger partial charge in [-0.2, -0.15) is 5.10 Å². The van der Waals surface area contributed by atoms with Gasteiger partial charge in [-0.3, -0.25) is 9.59 Å². The number of carbonyl (C=O) groups excluding carboxylic acids is 1. The molecule has 0 saturated heterocycles. The van der Waals surface area contributed by atoms with Crippen molar-refractivity contribution in [2.75, 3.05) is 5.32 Å². The summed E-state index contributed by atoms with van der Waals surface area (Å²) in [4.78, 5) is 24.5. The van der Waals surface area contributed by atoms with Crippen molar-refractivity contribution in [1.29, 1.82) is 0 Å². The molecular weight excluding hydrogens is 314 g/mol. The predicted octanol–water partition coefficient (Wildman–Crippen LogP) is 3.00. The summed E-state index contributed by atoms with van der Waals surface area (Å²) in [5.41, 5.74) is 1.23. The van der Waals surface area contributed by atoms with Gasteiger partial charge in [-0.15, -0.1) is 0 Å². The highest BCUT2D eigenvalue weighted by Crippen LogP contribution is 2.19. The van der Waals surface area contributed by atoms with E-state index in [4.69, 9.17) is 11.6 Å². The lowest BCUT2D eigenvalue weighted by atomic mass is 10.2. The molecule has 2 aromatic carbocycles. The molecule has 23 heavy (non-hydrogen) atoms. The number of hydrogen-bond acceptors (Lipinski definition) is 3. The van der Waals surface area contributed by atoms with Crippen LogP contribution in [0.5, 0.6) is 0 Å². The molecule has 0 aliphatic rings. The summed E-state index contributed by atoms with van der Waals surface area (Å²) in [6.07, 6.45) is 1.58. The maximum atomic E-state index is 12.3. The molecule has 0 radical (unpaired) electrons. The minimum atomic E-state index is -0.319. The van der Waals surface area contributed by atoms with E-state index in [1.165, 1.54) is 0 Å². The minimum absolute atomic E-state index is 0.147. The van der Waals surface area contributed by atoms with Gasteiger partial charge >= 0.3 is 0 Å². The average molecular weight is 328 g/mol. The fraction of sp³-hybridized carbons (Fsp3) is 0.118. The molecule has 0 bridgehead atoms. The summed E-state index contributed by atoms with van der Waals surface area (Å²) in [6.45, 7) is 1.70. The van der Waals surface area contributed by atoms with Crippen LogP contribution in [0.1, 0.15) is 5.56 Å². The Morgan fingerprint density at radius 3 is 2.83 bits per heavy atom. The number of fused-ring (bicyclic) bond motifs is 1.